The van der Waals surface area contributed by atoms with E-state index in [0.717, 1.165) is 17.9 Å². The maximum atomic E-state index is 4.38. The maximum Gasteiger partial charge on any atom is 0.0701 e. The van der Waals surface area contributed by atoms with E-state index in [1.165, 1.54) is 22.4 Å². The molecule has 0 aliphatic heterocycles. The molecular formula is C20H19NS. The van der Waals surface area contributed by atoms with Gasteiger partial charge in [0.1, 0.15) is 0 Å². The standard InChI is InChI=1S/C20H19NS/c1-2-8-19(9-3-1)22-16-6-7-17-11-13-18(14-12-17)20-10-4-5-15-21-20/h1-5,8-15H,6-7,16H2. The number of thioether (sulfide) groups is 1. The van der Waals surface area contributed by atoms with Gasteiger partial charge in [-0.15, -0.1) is 11.8 Å². The highest BCUT2D eigenvalue weighted by atomic mass is 32.2. The Balaban J connectivity index is 1.49. The van der Waals surface area contributed by atoms with Gasteiger partial charge in [-0.1, -0.05) is 48.5 Å². The second-order valence-electron chi connectivity index (χ2n) is 5.18. The van der Waals surface area contributed by atoms with Crippen molar-refractivity contribution in [1.29, 1.82) is 0 Å². The molecule has 0 bridgehead atoms. The van der Waals surface area contributed by atoms with Crippen LogP contribution in [0, 0.1) is 0 Å². The Morgan fingerprint density at radius 1 is 0.773 bits per heavy atom. The van der Waals surface area contributed by atoms with Crippen molar-refractivity contribution in [2.45, 2.75) is 17.7 Å². The zero-order chi connectivity index (χ0) is 15.0. The first kappa shape index (κ1) is 14.9. The first-order valence-corrected chi connectivity index (χ1v) is 8.58. The van der Waals surface area contributed by atoms with E-state index in [4.69, 9.17) is 0 Å². The average molecular weight is 305 g/mol. The van der Waals surface area contributed by atoms with Gasteiger partial charge in [0.2, 0.25) is 0 Å². The summed E-state index contributed by atoms with van der Waals surface area (Å²) in [6, 6.07) is 25.4. The van der Waals surface area contributed by atoms with Crippen LogP contribution in [0.4, 0.5) is 0 Å². The van der Waals surface area contributed by atoms with Crippen molar-refractivity contribution in [2.75, 3.05) is 5.75 Å². The fourth-order valence-electron chi connectivity index (χ4n) is 2.36. The second kappa shape index (κ2) is 7.81. The van der Waals surface area contributed by atoms with Crippen molar-refractivity contribution in [2.24, 2.45) is 0 Å². The van der Waals surface area contributed by atoms with Crippen LogP contribution >= 0.6 is 11.8 Å². The topological polar surface area (TPSA) is 12.9 Å². The summed E-state index contributed by atoms with van der Waals surface area (Å²) >= 11 is 1.93. The monoisotopic (exact) mass is 305 g/mol. The van der Waals surface area contributed by atoms with Gasteiger partial charge in [-0.3, -0.25) is 4.98 Å². The molecule has 110 valence electrons. The molecule has 0 aliphatic rings. The summed E-state index contributed by atoms with van der Waals surface area (Å²) in [7, 11) is 0. The predicted molar refractivity (Wildman–Crippen MR) is 95.2 cm³/mol. The minimum absolute atomic E-state index is 1.04. The summed E-state index contributed by atoms with van der Waals surface area (Å²) < 4.78 is 0. The van der Waals surface area contributed by atoms with Crippen molar-refractivity contribution < 1.29 is 0 Å². The van der Waals surface area contributed by atoms with E-state index in [9.17, 15) is 0 Å². The van der Waals surface area contributed by atoms with E-state index in [0.29, 0.717) is 0 Å². The number of hydrogen-bond donors (Lipinski definition) is 0. The van der Waals surface area contributed by atoms with Crippen LogP contribution in [0.5, 0.6) is 0 Å². The van der Waals surface area contributed by atoms with Gasteiger partial charge in [0, 0.05) is 16.7 Å². The van der Waals surface area contributed by atoms with Crippen LogP contribution in [0.25, 0.3) is 11.3 Å². The molecule has 0 fully saturated rings. The summed E-state index contributed by atoms with van der Waals surface area (Å²) in [6.07, 6.45) is 4.16. The highest BCUT2D eigenvalue weighted by molar-refractivity contribution is 7.99. The fourth-order valence-corrected chi connectivity index (χ4v) is 3.23. The molecule has 0 saturated carbocycles. The number of nitrogens with zero attached hydrogens (tertiary/aromatic N) is 1. The van der Waals surface area contributed by atoms with Crippen molar-refractivity contribution in [3.05, 3.63) is 84.6 Å². The molecule has 0 N–H and O–H groups in total. The molecule has 0 atom stereocenters. The average Bonchev–Trinajstić information content (AvgIpc) is 2.61. The smallest absolute Gasteiger partial charge is 0.0701 e. The van der Waals surface area contributed by atoms with Crippen molar-refractivity contribution >= 4 is 11.8 Å². The van der Waals surface area contributed by atoms with Gasteiger partial charge in [-0.05, 0) is 48.4 Å². The highest BCUT2D eigenvalue weighted by Crippen LogP contribution is 2.20. The third-order valence-corrected chi connectivity index (χ3v) is 4.63. The fraction of sp³-hybridized carbons (Fsp3) is 0.150. The van der Waals surface area contributed by atoms with Crippen LogP contribution in [0.1, 0.15) is 12.0 Å². The summed E-state index contributed by atoms with van der Waals surface area (Å²) in [5.41, 5.74) is 3.62. The number of aromatic nitrogens is 1. The lowest BCUT2D eigenvalue weighted by Crippen LogP contribution is -1.89. The van der Waals surface area contributed by atoms with Crippen LogP contribution in [0.15, 0.2) is 83.9 Å². The molecule has 1 aromatic heterocycles. The largest absolute Gasteiger partial charge is 0.256 e. The normalized spacial score (nSPS) is 10.5. The summed E-state index contributed by atoms with van der Waals surface area (Å²) in [5.74, 6) is 1.16. The molecule has 3 rings (SSSR count). The van der Waals surface area contributed by atoms with Crippen molar-refractivity contribution in [1.82, 2.24) is 4.98 Å². The van der Waals surface area contributed by atoms with Gasteiger partial charge >= 0.3 is 0 Å². The first-order valence-electron chi connectivity index (χ1n) is 7.60. The maximum absolute atomic E-state index is 4.38. The first-order chi connectivity index (χ1) is 10.9. The summed E-state index contributed by atoms with van der Waals surface area (Å²) in [4.78, 5) is 5.74. The molecule has 1 nitrogen and oxygen atoms in total. The lowest BCUT2D eigenvalue weighted by molar-refractivity contribution is 0.933. The van der Waals surface area contributed by atoms with Crippen LogP contribution < -0.4 is 0 Å². The zero-order valence-electron chi connectivity index (χ0n) is 12.5. The number of hydrogen-bond acceptors (Lipinski definition) is 2. The molecule has 0 spiro atoms. The number of aryl methyl sites for hydroxylation is 1. The summed E-state index contributed by atoms with van der Waals surface area (Å²) in [6.45, 7) is 0. The van der Waals surface area contributed by atoms with E-state index < -0.39 is 0 Å². The lowest BCUT2D eigenvalue weighted by atomic mass is 10.1. The van der Waals surface area contributed by atoms with Crippen molar-refractivity contribution in [3.63, 3.8) is 0 Å². The Morgan fingerprint density at radius 3 is 2.27 bits per heavy atom. The second-order valence-corrected chi connectivity index (χ2v) is 6.35. The predicted octanol–water partition coefficient (Wildman–Crippen LogP) is 5.47. The third-order valence-electron chi connectivity index (χ3n) is 3.54. The molecule has 3 aromatic rings. The molecule has 1 heterocycles. The molecular weight excluding hydrogens is 286 g/mol. The van der Waals surface area contributed by atoms with Gasteiger partial charge in [0.25, 0.3) is 0 Å². The van der Waals surface area contributed by atoms with E-state index in [2.05, 4.69) is 59.6 Å². The Morgan fingerprint density at radius 2 is 1.55 bits per heavy atom. The Kier molecular flexibility index (Phi) is 5.27. The third kappa shape index (κ3) is 4.22. The number of pyridine rings is 1. The van der Waals surface area contributed by atoms with Gasteiger partial charge in [-0.2, -0.15) is 0 Å². The van der Waals surface area contributed by atoms with E-state index >= 15 is 0 Å². The number of rotatable bonds is 6. The molecule has 0 radical (unpaired) electrons. The minimum atomic E-state index is 1.04. The van der Waals surface area contributed by atoms with Gasteiger partial charge in [0.15, 0.2) is 0 Å². The SMILES string of the molecule is c1ccc(SCCCc2ccc(-c3ccccn3)cc2)cc1. The van der Waals surface area contributed by atoms with E-state index in [1.54, 1.807) is 0 Å². The molecule has 2 aromatic carbocycles. The number of benzene rings is 2. The van der Waals surface area contributed by atoms with Crippen LogP contribution in [-0.4, -0.2) is 10.7 Å². The van der Waals surface area contributed by atoms with Crippen LogP contribution in [0.2, 0.25) is 0 Å². The van der Waals surface area contributed by atoms with E-state index in [1.807, 2.05) is 36.2 Å². The molecule has 0 unspecified atom stereocenters. The minimum Gasteiger partial charge on any atom is -0.256 e. The van der Waals surface area contributed by atoms with Crippen LogP contribution in [0.3, 0.4) is 0 Å². The quantitative estimate of drug-likeness (QED) is 0.442. The zero-order valence-corrected chi connectivity index (χ0v) is 13.3. The summed E-state index contributed by atoms with van der Waals surface area (Å²) in [5, 5.41) is 0. The van der Waals surface area contributed by atoms with Gasteiger partial charge in [-0.25, -0.2) is 0 Å². The van der Waals surface area contributed by atoms with Gasteiger partial charge < -0.3 is 0 Å². The van der Waals surface area contributed by atoms with Crippen LogP contribution in [-0.2, 0) is 6.42 Å². The highest BCUT2D eigenvalue weighted by Gasteiger charge is 1.99. The molecule has 0 saturated heterocycles. The van der Waals surface area contributed by atoms with Crippen molar-refractivity contribution in [3.8, 4) is 11.3 Å². The Labute approximate surface area is 136 Å². The molecule has 0 aliphatic carbocycles. The Bertz CT molecular complexity index is 678. The lowest BCUT2D eigenvalue weighted by Gasteiger charge is -2.04. The molecule has 2 heteroatoms. The van der Waals surface area contributed by atoms with E-state index in [-0.39, 0.29) is 0 Å². The molecule has 0 amide bonds. The molecule has 22 heavy (non-hydrogen) atoms. The Hall–Kier alpha value is -2.06. The van der Waals surface area contributed by atoms with Gasteiger partial charge in [0.05, 0.1) is 5.69 Å².